The smallest absolute Gasteiger partial charge is 0.341 e. The van der Waals surface area contributed by atoms with E-state index in [1.165, 1.54) is 25.3 Å². The SMILES string of the molecule is CCCCNC(=O)c1cc(C(=O)OC)c(OCc2ccccc2)c2ncc(Cc3ccc(F)cc3)cc12. The van der Waals surface area contributed by atoms with Gasteiger partial charge in [-0.15, -0.1) is 0 Å². The van der Waals surface area contributed by atoms with Crippen LogP contribution in [0.4, 0.5) is 4.39 Å². The monoisotopic (exact) mass is 500 g/mol. The van der Waals surface area contributed by atoms with Gasteiger partial charge < -0.3 is 14.8 Å². The molecule has 4 rings (SSSR count). The Hall–Kier alpha value is -4.26. The number of fused-ring (bicyclic) bond motifs is 1. The van der Waals surface area contributed by atoms with Gasteiger partial charge in [-0.3, -0.25) is 9.78 Å². The number of benzene rings is 3. The van der Waals surface area contributed by atoms with E-state index in [4.69, 9.17) is 9.47 Å². The molecule has 7 heteroatoms. The molecule has 190 valence electrons. The van der Waals surface area contributed by atoms with Gasteiger partial charge in [0.1, 0.15) is 23.5 Å². The minimum absolute atomic E-state index is 0.130. The number of pyridine rings is 1. The molecule has 6 nitrogen and oxygen atoms in total. The number of nitrogens with zero attached hydrogens (tertiary/aromatic N) is 1. The lowest BCUT2D eigenvalue weighted by atomic mass is 9.98. The van der Waals surface area contributed by atoms with Gasteiger partial charge in [0.25, 0.3) is 5.91 Å². The number of esters is 1. The third-order valence-electron chi connectivity index (χ3n) is 6.00. The van der Waals surface area contributed by atoms with Crippen LogP contribution in [-0.2, 0) is 17.8 Å². The number of nitrogens with one attached hydrogen (secondary N) is 1. The first-order chi connectivity index (χ1) is 18.0. The Kier molecular flexibility index (Phi) is 8.46. The van der Waals surface area contributed by atoms with Crippen molar-refractivity contribution in [3.8, 4) is 5.75 Å². The Morgan fingerprint density at radius 2 is 1.70 bits per heavy atom. The van der Waals surface area contributed by atoms with E-state index in [1.54, 1.807) is 18.3 Å². The Bertz CT molecular complexity index is 1390. The summed E-state index contributed by atoms with van der Waals surface area (Å²) in [6.45, 7) is 2.77. The summed E-state index contributed by atoms with van der Waals surface area (Å²) in [6.07, 6.45) is 3.95. The van der Waals surface area contributed by atoms with Crippen LogP contribution in [0, 0.1) is 5.82 Å². The summed E-state index contributed by atoms with van der Waals surface area (Å²) in [5.74, 6) is -0.977. The summed E-state index contributed by atoms with van der Waals surface area (Å²) >= 11 is 0. The van der Waals surface area contributed by atoms with Crippen molar-refractivity contribution in [2.45, 2.75) is 32.8 Å². The van der Waals surface area contributed by atoms with Gasteiger partial charge in [-0.05, 0) is 53.8 Å². The number of rotatable bonds is 10. The van der Waals surface area contributed by atoms with Crippen molar-refractivity contribution >= 4 is 22.8 Å². The molecule has 0 aliphatic heterocycles. The van der Waals surface area contributed by atoms with Crippen LogP contribution in [0.25, 0.3) is 10.9 Å². The van der Waals surface area contributed by atoms with E-state index in [0.29, 0.717) is 29.4 Å². The lowest BCUT2D eigenvalue weighted by Gasteiger charge is -2.17. The number of hydrogen-bond acceptors (Lipinski definition) is 5. The normalized spacial score (nSPS) is 10.8. The fourth-order valence-corrected chi connectivity index (χ4v) is 4.04. The molecule has 0 atom stereocenters. The highest BCUT2D eigenvalue weighted by atomic mass is 19.1. The van der Waals surface area contributed by atoms with Crippen LogP contribution < -0.4 is 10.1 Å². The summed E-state index contributed by atoms with van der Waals surface area (Å²) in [5.41, 5.74) is 3.49. The number of carbonyl (C=O) groups excluding carboxylic acids is 2. The molecule has 0 radical (unpaired) electrons. The van der Waals surface area contributed by atoms with Gasteiger partial charge in [-0.25, -0.2) is 9.18 Å². The standard InChI is InChI=1S/C30H29FN2O4/c1-3-4-14-32-29(34)25-17-26(30(35)36-2)28(37-19-21-8-6-5-7-9-21)27-24(25)16-22(18-33-27)15-20-10-12-23(31)13-11-20/h5-13,16-18H,3-4,14-15,19H2,1-2H3,(H,32,34). The summed E-state index contributed by atoms with van der Waals surface area (Å²) < 4.78 is 24.5. The first kappa shape index (κ1) is 25.8. The van der Waals surface area contributed by atoms with Crippen LogP contribution in [0.2, 0.25) is 0 Å². The van der Waals surface area contributed by atoms with Crippen molar-refractivity contribution in [2.24, 2.45) is 0 Å². The molecular weight excluding hydrogens is 471 g/mol. The second-order valence-electron chi connectivity index (χ2n) is 8.72. The molecule has 0 spiro atoms. The summed E-state index contributed by atoms with van der Waals surface area (Å²) in [5, 5.41) is 3.49. The zero-order valence-corrected chi connectivity index (χ0v) is 20.9. The molecule has 37 heavy (non-hydrogen) atoms. The number of hydrogen-bond donors (Lipinski definition) is 1. The summed E-state index contributed by atoms with van der Waals surface area (Å²) in [6, 6.07) is 19.2. The van der Waals surface area contributed by atoms with Crippen molar-refractivity contribution in [3.05, 3.63) is 107 Å². The van der Waals surface area contributed by atoms with Gasteiger partial charge >= 0.3 is 5.97 Å². The van der Waals surface area contributed by atoms with Gasteiger partial charge in [0.2, 0.25) is 0 Å². The quantitative estimate of drug-likeness (QED) is 0.218. The first-order valence-electron chi connectivity index (χ1n) is 12.2. The van der Waals surface area contributed by atoms with Crippen LogP contribution >= 0.6 is 0 Å². The van der Waals surface area contributed by atoms with Crippen LogP contribution in [0.1, 0.15) is 57.2 Å². The zero-order valence-electron chi connectivity index (χ0n) is 20.9. The summed E-state index contributed by atoms with van der Waals surface area (Å²) in [4.78, 5) is 30.6. The molecule has 1 amide bonds. The van der Waals surface area contributed by atoms with Crippen LogP contribution in [-0.4, -0.2) is 30.5 Å². The van der Waals surface area contributed by atoms with Gasteiger partial charge in [0.05, 0.1) is 7.11 Å². The molecule has 4 aromatic rings. The topological polar surface area (TPSA) is 77.5 Å². The van der Waals surface area contributed by atoms with Crippen molar-refractivity contribution in [1.82, 2.24) is 10.3 Å². The Morgan fingerprint density at radius 3 is 2.41 bits per heavy atom. The van der Waals surface area contributed by atoms with E-state index in [9.17, 15) is 14.0 Å². The van der Waals surface area contributed by atoms with E-state index < -0.39 is 5.97 Å². The summed E-state index contributed by atoms with van der Waals surface area (Å²) in [7, 11) is 1.29. The molecule has 0 aliphatic rings. The number of amides is 1. The van der Waals surface area contributed by atoms with Crippen molar-refractivity contribution in [3.63, 3.8) is 0 Å². The zero-order chi connectivity index (χ0) is 26.2. The lowest BCUT2D eigenvalue weighted by Crippen LogP contribution is -2.25. The Balaban J connectivity index is 1.81. The Labute approximate surface area is 215 Å². The van der Waals surface area contributed by atoms with E-state index >= 15 is 0 Å². The average Bonchev–Trinajstić information content (AvgIpc) is 2.92. The molecule has 1 heterocycles. The fourth-order valence-electron chi connectivity index (χ4n) is 4.04. The van der Waals surface area contributed by atoms with Crippen molar-refractivity contribution in [2.75, 3.05) is 13.7 Å². The van der Waals surface area contributed by atoms with Crippen LogP contribution in [0.15, 0.2) is 72.9 Å². The van der Waals surface area contributed by atoms with E-state index in [2.05, 4.69) is 10.3 Å². The third-order valence-corrected chi connectivity index (χ3v) is 6.00. The number of ether oxygens (including phenoxy) is 2. The third kappa shape index (κ3) is 6.30. The highest BCUT2D eigenvalue weighted by molar-refractivity contribution is 6.11. The van der Waals surface area contributed by atoms with E-state index in [0.717, 1.165) is 29.5 Å². The Morgan fingerprint density at radius 1 is 0.946 bits per heavy atom. The second-order valence-corrected chi connectivity index (χ2v) is 8.72. The maximum atomic E-state index is 13.4. The molecule has 1 N–H and O–H groups in total. The molecule has 0 saturated carbocycles. The number of methoxy groups -OCH3 is 1. The molecular formula is C30H29FN2O4. The molecule has 3 aromatic carbocycles. The largest absolute Gasteiger partial charge is 0.486 e. The number of aromatic nitrogens is 1. The maximum absolute atomic E-state index is 13.4. The van der Waals surface area contributed by atoms with Gasteiger partial charge in [-0.1, -0.05) is 55.8 Å². The molecule has 1 aromatic heterocycles. The van der Waals surface area contributed by atoms with E-state index in [-0.39, 0.29) is 29.6 Å². The van der Waals surface area contributed by atoms with Crippen molar-refractivity contribution in [1.29, 1.82) is 0 Å². The first-order valence-corrected chi connectivity index (χ1v) is 12.2. The van der Waals surface area contributed by atoms with Crippen LogP contribution in [0.3, 0.4) is 0 Å². The lowest BCUT2D eigenvalue weighted by molar-refractivity contribution is 0.0596. The predicted octanol–water partition coefficient (Wildman–Crippen LogP) is 5.86. The molecule has 0 aliphatic carbocycles. The molecule has 0 fully saturated rings. The fraction of sp³-hybridized carbons (Fsp3) is 0.233. The van der Waals surface area contributed by atoms with Gasteiger partial charge in [-0.2, -0.15) is 0 Å². The minimum atomic E-state index is -0.621. The van der Waals surface area contributed by atoms with Crippen LogP contribution in [0.5, 0.6) is 5.75 Å². The molecule has 0 unspecified atom stereocenters. The minimum Gasteiger partial charge on any atom is -0.486 e. The predicted molar refractivity (Wildman–Crippen MR) is 140 cm³/mol. The van der Waals surface area contributed by atoms with Gasteiger partial charge in [0, 0.05) is 23.7 Å². The molecule has 0 saturated heterocycles. The number of unbranched alkanes of at least 4 members (excludes halogenated alkanes) is 1. The number of halogens is 1. The second kappa shape index (κ2) is 12.1. The maximum Gasteiger partial charge on any atom is 0.341 e. The van der Waals surface area contributed by atoms with E-state index in [1.807, 2.05) is 43.3 Å². The van der Waals surface area contributed by atoms with Gasteiger partial charge in [0.15, 0.2) is 5.75 Å². The average molecular weight is 501 g/mol. The van der Waals surface area contributed by atoms with Crippen molar-refractivity contribution < 1.29 is 23.5 Å². The highest BCUT2D eigenvalue weighted by Crippen LogP contribution is 2.34. The highest BCUT2D eigenvalue weighted by Gasteiger charge is 2.24. The number of carbonyl (C=O) groups is 2. The molecule has 0 bridgehead atoms.